The van der Waals surface area contributed by atoms with Crippen LogP contribution in [-0.2, 0) is 13.2 Å². The Morgan fingerprint density at radius 2 is 1.88 bits per heavy atom. The van der Waals surface area contributed by atoms with Crippen LogP contribution in [0.3, 0.4) is 0 Å². The molecule has 0 saturated heterocycles. The van der Waals surface area contributed by atoms with Crippen LogP contribution in [-0.4, -0.2) is 21.5 Å². The predicted octanol–water partition coefficient (Wildman–Crippen LogP) is 5.46. The highest BCUT2D eigenvalue weighted by atomic mass is 79.9. The van der Waals surface area contributed by atoms with E-state index in [-0.39, 0.29) is 36.3 Å². The average Bonchev–Trinajstić information content (AvgIpc) is 3.41. The fourth-order valence-corrected chi connectivity index (χ4v) is 3.47. The number of aromatic nitrogens is 2. The van der Waals surface area contributed by atoms with Crippen LogP contribution >= 0.6 is 15.9 Å². The molecule has 0 aliphatic carbocycles. The highest BCUT2D eigenvalue weighted by Gasteiger charge is 2.16. The minimum Gasteiger partial charge on any atom is -0.486 e. The Balaban J connectivity index is 1.36. The van der Waals surface area contributed by atoms with Crippen LogP contribution in [0.25, 0.3) is 0 Å². The first-order valence-corrected chi connectivity index (χ1v) is 10.8. The Kier molecular flexibility index (Phi) is 6.69. The number of furan rings is 1. The quantitative estimate of drug-likeness (QED) is 0.317. The molecule has 9 heteroatoms. The highest BCUT2D eigenvalue weighted by Crippen LogP contribution is 2.23. The zero-order valence-corrected chi connectivity index (χ0v) is 19.1. The van der Waals surface area contributed by atoms with Crippen molar-refractivity contribution in [3.8, 4) is 5.75 Å². The van der Waals surface area contributed by atoms with E-state index in [0.29, 0.717) is 27.1 Å². The summed E-state index contributed by atoms with van der Waals surface area (Å²) < 4.78 is 27.2. The number of carbonyl (C=O) groups excluding carboxylic acids is 2. The summed E-state index contributed by atoms with van der Waals surface area (Å²) in [7, 11) is 0. The number of halogens is 2. The Morgan fingerprint density at radius 1 is 1.12 bits per heavy atom. The van der Waals surface area contributed by atoms with Crippen molar-refractivity contribution in [1.29, 1.82) is 0 Å². The van der Waals surface area contributed by atoms with Crippen molar-refractivity contribution in [3.05, 3.63) is 99.8 Å². The average molecular weight is 512 g/mol. The molecule has 0 aliphatic heterocycles. The lowest BCUT2D eigenvalue weighted by atomic mass is 10.1. The van der Waals surface area contributed by atoms with Gasteiger partial charge in [-0.25, -0.2) is 4.39 Å². The van der Waals surface area contributed by atoms with E-state index in [9.17, 15) is 14.0 Å². The first kappa shape index (κ1) is 22.5. The third-order valence-corrected chi connectivity index (χ3v) is 5.35. The summed E-state index contributed by atoms with van der Waals surface area (Å²) >= 11 is 3.36. The molecule has 0 aliphatic rings. The molecule has 0 radical (unpaired) electrons. The minimum absolute atomic E-state index is 0.0214. The van der Waals surface area contributed by atoms with E-state index in [0.717, 1.165) is 0 Å². The van der Waals surface area contributed by atoms with Crippen LogP contribution in [0.5, 0.6) is 5.75 Å². The van der Waals surface area contributed by atoms with Crippen LogP contribution in [0.1, 0.15) is 39.2 Å². The number of rotatable bonds is 8. The molecule has 168 valence electrons. The van der Waals surface area contributed by atoms with Crippen molar-refractivity contribution < 1.29 is 23.1 Å². The molecular formula is C24H19BrFN3O4. The molecule has 2 aromatic carbocycles. The maximum absolute atomic E-state index is 13.9. The standard InChI is InChI=1S/C24H19BrFN3O4/c1-15(30)16-6-8-18(9-7-16)32-14-19-10-11-22(33-19)24(31)27-23-20(25)13-29(28-23)12-17-4-2-3-5-21(17)26/h2-11,13H,12,14H2,1H3,(H,27,28,31). The molecule has 0 unspecified atom stereocenters. The number of nitrogens with zero attached hydrogens (tertiary/aromatic N) is 2. The molecular weight excluding hydrogens is 493 g/mol. The largest absolute Gasteiger partial charge is 0.486 e. The van der Waals surface area contributed by atoms with Crippen molar-refractivity contribution >= 4 is 33.4 Å². The first-order chi connectivity index (χ1) is 15.9. The second-order valence-corrected chi connectivity index (χ2v) is 8.06. The van der Waals surface area contributed by atoms with E-state index in [1.807, 2.05) is 0 Å². The number of hydrogen-bond donors (Lipinski definition) is 1. The first-order valence-electron chi connectivity index (χ1n) is 9.99. The summed E-state index contributed by atoms with van der Waals surface area (Å²) in [6, 6.07) is 16.4. The third kappa shape index (κ3) is 5.56. The van der Waals surface area contributed by atoms with Gasteiger partial charge in [-0.1, -0.05) is 18.2 Å². The Labute approximate surface area is 197 Å². The minimum atomic E-state index is -0.482. The van der Waals surface area contributed by atoms with Gasteiger partial charge in [0, 0.05) is 17.3 Å². The normalized spacial score (nSPS) is 10.8. The monoisotopic (exact) mass is 511 g/mol. The van der Waals surface area contributed by atoms with Gasteiger partial charge in [0.05, 0.1) is 11.0 Å². The molecule has 0 spiro atoms. The number of Topliss-reactive ketones (excluding diaryl/α,β-unsaturated/α-hetero) is 1. The molecule has 1 amide bonds. The Hall–Kier alpha value is -3.72. The van der Waals surface area contributed by atoms with Crippen molar-refractivity contribution in [3.63, 3.8) is 0 Å². The molecule has 0 fully saturated rings. The van der Waals surface area contributed by atoms with Crippen molar-refractivity contribution in [2.24, 2.45) is 0 Å². The second kappa shape index (κ2) is 9.83. The van der Waals surface area contributed by atoms with Crippen LogP contribution < -0.4 is 10.1 Å². The van der Waals surface area contributed by atoms with E-state index in [2.05, 4.69) is 26.3 Å². The number of carbonyl (C=O) groups is 2. The van der Waals surface area contributed by atoms with Gasteiger partial charge in [0.2, 0.25) is 0 Å². The summed E-state index contributed by atoms with van der Waals surface area (Å²) in [6.07, 6.45) is 1.65. The Bertz CT molecular complexity index is 1300. The molecule has 7 nitrogen and oxygen atoms in total. The smallest absolute Gasteiger partial charge is 0.292 e. The van der Waals surface area contributed by atoms with Gasteiger partial charge in [-0.05, 0) is 65.3 Å². The van der Waals surface area contributed by atoms with Crippen LogP contribution in [0.2, 0.25) is 0 Å². The van der Waals surface area contributed by atoms with Crippen LogP contribution in [0, 0.1) is 5.82 Å². The highest BCUT2D eigenvalue weighted by molar-refractivity contribution is 9.10. The predicted molar refractivity (Wildman–Crippen MR) is 123 cm³/mol. The van der Waals surface area contributed by atoms with Crippen LogP contribution in [0.4, 0.5) is 10.2 Å². The number of anilines is 1. The SMILES string of the molecule is CC(=O)c1ccc(OCc2ccc(C(=O)Nc3nn(Cc4ccccc4F)cc3Br)o2)cc1. The number of benzene rings is 2. The van der Waals surface area contributed by atoms with Gasteiger partial charge in [0.25, 0.3) is 5.91 Å². The Morgan fingerprint density at radius 3 is 2.61 bits per heavy atom. The van der Waals surface area contributed by atoms with Gasteiger partial charge in [-0.3, -0.25) is 14.3 Å². The number of amides is 1. The van der Waals surface area contributed by atoms with E-state index < -0.39 is 5.91 Å². The summed E-state index contributed by atoms with van der Waals surface area (Å²) in [5.41, 5.74) is 1.08. The van der Waals surface area contributed by atoms with Gasteiger partial charge in [-0.2, -0.15) is 5.10 Å². The lowest BCUT2D eigenvalue weighted by Crippen LogP contribution is -2.12. The number of hydrogen-bond acceptors (Lipinski definition) is 5. The fraction of sp³-hybridized carbons (Fsp3) is 0.125. The second-order valence-electron chi connectivity index (χ2n) is 7.20. The molecule has 1 N–H and O–H groups in total. The number of ketones is 1. The van der Waals surface area contributed by atoms with Gasteiger partial charge in [0.15, 0.2) is 17.4 Å². The maximum Gasteiger partial charge on any atom is 0.292 e. The third-order valence-electron chi connectivity index (χ3n) is 4.77. The molecule has 4 rings (SSSR count). The number of nitrogens with one attached hydrogen (secondary N) is 1. The molecule has 0 atom stereocenters. The molecule has 2 heterocycles. The lowest BCUT2D eigenvalue weighted by Gasteiger charge is -2.05. The van der Waals surface area contributed by atoms with Crippen molar-refractivity contribution in [2.75, 3.05) is 5.32 Å². The zero-order chi connectivity index (χ0) is 23.4. The lowest BCUT2D eigenvalue weighted by molar-refractivity contribution is 0.0990. The van der Waals surface area contributed by atoms with Gasteiger partial charge >= 0.3 is 0 Å². The summed E-state index contributed by atoms with van der Waals surface area (Å²) in [4.78, 5) is 23.9. The fourth-order valence-electron chi connectivity index (χ4n) is 3.05. The molecule has 0 saturated carbocycles. The summed E-state index contributed by atoms with van der Waals surface area (Å²) in [6.45, 7) is 1.84. The van der Waals surface area contributed by atoms with Crippen LogP contribution in [0.15, 0.2) is 75.8 Å². The van der Waals surface area contributed by atoms with Crippen molar-refractivity contribution in [2.45, 2.75) is 20.1 Å². The van der Waals surface area contributed by atoms with Gasteiger partial charge in [0.1, 0.15) is 23.9 Å². The topological polar surface area (TPSA) is 86.4 Å². The van der Waals surface area contributed by atoms with Gasteiger partial charge < -0.3 is 14.5 Å². The van der Waals surface area contributed by atoms with E-state index in [4.69, 9.17) is 9.15 Å². The van der Waals surface area contributed by atoms with Crippen molar-refractivity contribution in [1.82, 2.24) is 9.78 Å². The van der Waals surface area contributed by atoms with E-state index in [1.54, 1.807) is 54.7 Å². The zero-order valence-electron chi connectivity index (χ0n) is 17.5. The summed E-state index contributed by atoms with van der Waals surface area (Å²) in [5.74, 6) is 0.588. The maximum atomic E-state index is 13.9. The molecule has 33 heavy (non-hydrogen) atoms. The van der Waals surface area contributed by atoms with E-state index >= 15 is 0 Å². The molecule has 4 aromatic rings. The molecule has 2 aromatic heterocycles. The number of ether oxygens (including phenoxy) is 1. The van der Waals surface area contributed by atoms with E-state index in [1.165, 1.54) is 23.7 Å². The summed E-state index contributed by atoms with van der Waals surface area (Å²) in [5, 5.41) is 6.97. The molecule has 0 bridgehead atoms. The van der Waals surface area contributed by atoms with Gasteiger partial charge in [-0.15, -0.1) is 0 Å².